The summed E-state index contributed by atoms with van der Waals surface area (Å²) in [5, 5.41) is 2.64. The van der Waals surface area contributed by atoms with E-state index in [4.69, 9.17) is 9.47 Å². The van der Waals surface area contributed by atoms with Gasteiger partial charge in [0.25, 0.3) is 0 Å². The van der Waals surface area contributed by atoms with Crippen LogP contribution in [0.4, 0.5) is 13.2 Å². The molecular weight excluding hydrogens is 273 g/mol. The highest BCUT2D eigenvalue weighted by molar-refractivity contribution is 5.16. The Balaban J connectivity index is 1.87. The molecule has 0 radical (unpaired) electrons. The van der Waals surface area contributed by atoms with Crippen LogP contribution in [-0.2, 0) is 9.47 Å². The molecule has 0 saturated carbocycles. The van der Waals surface area contributed by atoms with E-state index >= 15 is 0 Å². The van der Waals surface area contributed by atoms with Crippen molar-refractivity contribution in [1.82, 2.24) is 10.3 Å². The van der Waals surface area contributed by atoms with E-state index in [1.54, 1.807) is 24.5 Å². The molecular formula is C13H15F3N2O2. The first-order chi connectivity index (χ1) is 9.49. The van der Waals surface area contributed by atoms with E-state index in [9.17, 15) is 13.2 Å². The first-order valence-corrected chi connectivity index (χ1v) is 6.49. The number of aromatic nitrogens is 1. The molecule has 0 unspecified atom stereocenters. The lowest BCUT2D eigenvalue weighted by Crippen LogP contribution is -2.55. The predicted octanol–water partition coefficient (Wildman–Crippen LogP) is 2.18. The number of halogens is 3. The minimum Gasteiger partial charge on any atom is -0.347 e. The van der Waals surface area contributed by atoms with Crippen molar-refractivity contribution in [2.75, 3.05) is 13.2 Å². The third-order valence-electron chi connectivity index (χ3n) is 3.73. The molecule has 0 bridgehead atoms. The van der Waals surface area contributed by atoms with Crippen LogP contribution in [0.25, 0.3) is 0 Å². The summed E-state index contributed by atoms with van der Waals surface area (Å²) in [5.41, 5.74) is 0.708. The third kappa shape index (κ3) is 2.65. The van der Waals surface area contributed by atoms with Gasteiger partial charge in [0.05, 0.1) is 13.2 Å². The number of nitrogens with zero attached hydrogens (tertiary/aromatic N) is 1. The molecule has 2 aliphatic rings. The Morgan fingerprint density at radius 1 is 1.25 bits per heavy atom. The molecule has 2 fully saturated rings. The predicted molar refractivity (Wildman–Crippen MR) is 63.8 cm³/mol. The van der Waals surface area contributed by atoms with Gasteiger partial charge >= 0.3 is 6.18 Å². The van der Waals surface area contributed by atoms with Crippen molar-refractivity contribution >= 4 is 0 Å². The lowest BCUT2D eigenvalue weighted by atomic mass is 9.89. The Kier molecular flexibility index (Phi) is 3.43. The number of alkyl halides is 3. The lowest BCUT2D eigenvalue weighted by Gasteiger charge is -2.42. The van der Waals surface area contributed by atoms with Crippen molar-refractivity contribution in [1.29, 1.82) is 0 Å². The van der Waals surface area contributed by atoms with Gasteiger partial charge < -0.3 is 9.47 Å². The van der Waals surface area contributed by atoms with Gasteiger partial charge in [-0.2, -0.15) is 13.2 Å². The molecule has 2 aliphatic heterocycles. The van der Waals surface area contributed by atoms with Crippen molar-refractivity contribution < 1.29 is 22.6 Å². The molecule has 110 valence electrons. The number of hydrogen-bond donors (Lipinski definition) is 1. The second-order valence-corrected chi connectivity index (χ2v) is 5.12. The molecule has 0 amide bonds. The Hall–Kier alpha value is -1.18. The quantitative estimate of drug-likeness (QED) is 0.860. The number of ether oxygens (including phenoxy) is 2. The molecule has 1 N–H and O–H groups in total. The third-order valence-corrected chi connectivity index (χ3v) is 3.73. The Bertz CT molecular complexity index is 460. The summed E-state index contributed by atoms with van der Waals surface area (Å²) >= 11 is 0. The average Bonchev–Trinajstić information content (AvgIpc) is 2.86. The Labute approximate surface area is 114 Å². The van der Waals surface area contributed by atoms with Crippen molar-refractivity contribution in [3.63, 3.8) is 0 Å². The van der Waals surface area contributed by atoms with Crippen LogP contribution in [0.3, 0.4) is 0 Å². The number of piperidine rings is 1. The zero-order chi connectivity index (χ0) is 14.2. The largest absolute Gasteiger partial charge is 0.404 e. The van der Waals surface area contributed by atoms with Crippen molar-refractivity contribution in [3.05, 3.63) is 30.1 Å². The van der Waals surface area contributed by atoms with Crippen LogP contribution in [0.1, 0.15) is 24.4 Å². The maximum Gasteiger partial charge on any atom is 0.404 e. The average molecular weight is 288 g/mol. The monoisotopic (exact) mass is 288 g/mol. The van der Waals surface area contributed by atoms with Gasteiger partial charge in [0.15, 0.2) is 5.79 Å². The SMILES string of the molecule is FC(F)(F)[C@H]1CC2(C[C@@H](c3cccnc3)N1)OCCO2. The van der Waals surface area contributed by atoms with Crippen LogP contribution in [0, 0.1) is 0 Å². The van der Waals surface area contributed by atoms with Gasteiger partial charge in [0.1, 0.15) is 6.04 Å². The summed E-state index contributed by atoms with van der Waals surface area (Å²) in [5.74, 6) is -1.13. The molecule has 2 saturated heterocycles. The van der Waals surface area contributed by atoms with Crippen LogP contribution in [-0.4, -0.2) is 36.2 Å². The molecule has 0 aliphatic carbocycles. The smallest absolute Gasteiger partial charge is 0.347 e. The molecule has 4 nitrogen and oxygen atoms in total. The fraction of sp³-hybridized carbons (Fsp3) is 0.615. The van der Waals surface area contributed by atoms with Gasteiger partial charge in [-0.05, 0) is 11.6 Å². The minimum absolute atomic E-state index is 0.215. The second-order valence-electron chi connectivity index (χ2n) is 5.12. The summed E-state index contributed by atoms with van der Waals surface area (Å²) in [6, 6.07) is 1.34. The summed E-state index contributed by atoms with van der Waals surface area (Å²) in [7, 11) is 0. The zero-order valence-corrected chi connectivity index (χ0v) is 10.7. The second kappa shape index (κ2) is 4.98. The standard InChI is InChI=1S/C13H15F3N2O2/c14-13(15,16)11-7-12(19-4-5-20-12)6-10(18-11)9-2-1-3-17-8-9/h1-3,8,10-11,18H,4-7H2/t10-,11+/m0/s1. The number of pyridine rings is 1. The van der Waals surface area contributed by atoms with Crippen LogP contribution in [0.5, 0.6) is 0 Å². The summed E-state index contributed by atoms with van der Waals surface area (Å²) in [6.07, 6.45) is -1.04. The molecule has 7 heteroatoms. The number of hydrogen-bond acceptors (Lipinski definition) is 4. The van der Waals surface area contributed by atoms with E-state index in [-0.39, 0.29) is 6.42 Å². The van der Waals surface area contributed by atoms with Crippen LogP contribution < -0.4 is 5.32 Å². The van der Waals surface area contributed by atoms with Gasteiger partial charge in [0, 0.05) is 31.3 Å². The van der Waals surface area contributed by atoms with E-state index in [0.29, 0.717) is 25.2 Å². The highest BCUT2D eigenvalue weighted by Gasteiger charge is 2.53. The van der Waals surface area contributed by atoms with Gasteiger partial charge in [0.2, 0.25) is 0 Å². The van der Waals surface area contributed by atoms with E-state index in [2.05, 4.69) is 10.3 Å². The molecule has 1 spiro atoms. The molecule has 3 heterocycles. The highest BCUT2D eigenvalue weighted by Crippen LogP contribution is 2.42. The van der Waals surface area contributed by atoms with Crippen LogP contribution >= 0.6 is 0 Å². The molecule has 0 aromatic carbocycles. The Morgan fingerprint density at radius 3 is 2.60 bits per heavy atom. The molecule has 1 aromatic heterocycles. The molecule has 1 aromatic rings. The zero-order valence-electron chi connectivity index (χ0n) is 10.7. The highest BCUT2D eigenvalue weighted by atomic mass is 19.4. The van der Waals surface area contributed by atoms with E-state index < -0.39 is 24.0 Å². The maximum atomic E-state index is 13.1. The topological polar surface area (TPSA) is 43.4 Å². The van der Waals surface area contributed by atoms with Crippen LogP contribution in [0.2, 0.25) is 0 Å². The van der Waals surface area contributed by atoms with Crippen molar-refractivity contribution in [2.45, 2.75) is 36.9 Å². The van der Waals surface area contributed by atoms with E-state index in [1.165, 1.54) is 0 Å². The van der Waals surface area contributed by atoms with Crippen molar-refractivity contribution in [2.24, 2.45) is 0 Å². The fourth-order valence-corrected chi connectivity index (χ4v) is 2.81. The minimum atomic E-state index is -4.33. The molecule has 20 heavy (non-hydrogen) atoms. The van der Waals surface area contributed by atoms with Gasteiger partial charge in [-0.25, -0.2) is 0 Å². The van der Waals surface area contributed by atoms with Gasteiger partial charge in [-0.1, -0.05) is 6.07 Å². The summed E-state index contributed by atoms with van der Waals surface area (Å²) in [6.45, 7) is 0.675. The Morgan fingerprint density at radius 2 is 2.00 bits per heavy atom. The van der Waals surface area contributed by atoms with Gasteiger partial charge in [-0.3, -0.25) is 10.3 Å². The molecule has 3 rings (SSSR count). The normalized spacial score (nSPS) is 29.8. The van der Waals surface area contributed by atoms with Gasteiger partial charge in [-0.15, -0.1) is 0 Å². The lowest BCUT2D eigenvalue weighted by molar-refractivity contribution is -0.233. The fourth-order valence-electron chi connectivity index (χ4n) is 2.81. The van der Waals surface area contributed by atoms with Crippen LogP contribution in [0.15, 0.2) is 24.5 Å². The van der Waals surface area contributed by atoms with Crippen molar-refractivity contribution in [3.8, 4) is 0 Å². The number of rotatable bonds is 1. The molecule has 2 atom stereocenters. The first kappa shape index (κ1) is 13.8. The van der Waals surface area contributed by atoms with E-state index in [1.807, 2.05) is 0 Å². The van der Waals surface area contributed by atoms with E-state index in [0.717, 1.165) is 0 Å². The number of nitrogens with one attached hydrogen (secondary N) is 1. The summed E-state index contributed by atoms with van der Waals surface area (Å²) in [4.78, 5) is 3.96. The summed E-state index contributed by atoms with van der Waals surface area (Å²) < 4.78 is 50.2. The first-order valence-electron chi connectivity index (χ1n) is 6.49. The maximum absolute atomic E-state index is 13.1.